The van der Waals surface area contributed by atoms with Crippen LogP contribution in [0.3, 0.4) is 0 Å². The molecule has 0 bridgehead atoms. The third kappa shape index (κ3) is 5.36. The van der Waals surface area contributed by atoms with E-state index in [0.29, 0.717) is 37.8 Å². The standard InChI is InChI=1S/C33H31N5O3S2/c1-19-9-11-21(12-10-19)18-42-32-36-35-31(43-32)38-27(22-13-15-23(16-14-22)33(3,4)5)25(29(40)30(38)41)28(39)26-20(2)34-24-8-6-7-17-37(24)26/h6-17,27,39H,18H2,1-5H3. The molecule has 0 saturated carbocycles. The smallest absolute Gasteiger partial charge is 0.301 e. The highest BCUT2D eigenvalue weighted by molar-refractivity contribution is 8.00. The lowest BCUT2D eigenvalue weighted by Gasteiger charge is -2.24. The molecule has 4 heterocycles. The lowest BCUT2D eigenvalue weighted by molar-refractivity contribution is -0.132. The summed E-state index contributed by atoms with van der Waals surface area (Å²) in [5, 5.41) is 20.8. The second-order valence-electron chi connectivity index (χ2n) is 11.6. The molecule has 0 spiro atoms. The number of carbonyl (C=O) groups is 2. The van der Waals surface area contributed by atoms with Crippen LogP contribution in [0, 0.1) is 13.8 Å². The largest absolute Gasteiger partial charge is 0.505 e. The fraction of sp³-hybridized carbons (Fsp3) is 0.242. The number of aliphatic hydroxyl groups excluding tert-OH is 1. The molecule has 0 aliphatic carbocycles. The minimum absolute atomic E-state index is 0.00804. The highest BCUT2D eigenvalue weighted by atomic mass is 32.2. The highest BCUT2D eigenvalue weighted by Gasteiger charge is 2.49. The molecular weight excluding hydrogens is 579 g/mol. The van der Waals surface area contributed by atoms with Crippen molar-refractivity contribution in [2.24, 2.45) is 0 Å². The molecule has 1 aliphatic rings. The topological polar surface area (TPSA) is 101 Å². The molecule has 2 aromatic carbocycles. The van der Waals surface area contributed by atoms with E-state index in [2.05, 4.69) is 60.2 Å². The Bertz CT molecular complexity index is 1880. The number of fused-ring (bicyclic) bond motifs is 1. The van der Waals surface area contributed by atoms with Crippen LogP contribution in [0.4, 0.5) is 5.13 Å². The van der Waals surface area contributed by atoms with E-state index in [0.717, 1.165) is 11.1 Å². The van der Waals surface area contributed by atoms with Crippen molar-refractivity contribution in [1.29, 1.82) is 0 Å². The summed E-state index contributed by atoms with van der Waals surface area (Å²) in [5.41, 5.74) is 5.58. The molecule has 1 saturated heterocycles. The number of hydrogen-bond donors (Lipinski definition) is 1. The number of Topliss-reactive ketones (excluding diaryl/α,β-unsaturated/α-hetero) is 1. The quantitative estimate of drug-likeness (QED) is 0.0726. The van der Waals surface area contributed by atoms with Gasteiger partial charge in [0.05, 0.1) is 17.3 Å². The second kappa shape index (κ2) is 11.1. The van der Waals surface area contributed by atoms with Crippen molar-refractivity contribution in [3.8, 4) is 0 Å². The maximum Gasteiger partial charge on any atom is 0.301 e. The molecule has 0 radical (unpaired) electrons. The Hall–Kier alpha value is -4.28. The van der Waals surface area contributed by atoms with Crippen LogP contribution in [0.2, 0.25) is 0 Å². The number of rotatable bonds is 6. The number of ketones is 1. The average molecular weight is 610 g/mol. The molecule has 1 aliphatic heterocycles. The number of anilines is 1. The zero-order valence-electron chi connectivity index (χ0n) is 24.5. The Kier molecular flexibility index (Phi) is 7.43. The Balaban J connectivity index is 1.44. The molecule has 8 nitrogen and oxygen atoms in total. The lowest BCUT2D eigenvalue weighted by Crippen LogP contribution is -2.29. The lowest BCUT2D eigenvalue weighted by atomic mass is 9.85. The molecule has 3 aromatic heterocycles. The van der Waals surface area contributed by atoms with Crippen LogP contribution >= 0.6 is 23.1 Å². The number of amides is 1. The summed E-state index contributed by atoms with van der Waals surface area (Å²) in [6.07, 6.45) is 1.77. The molecule has 6 rings (SSSR count). The first-order chi connectivity index (χ1) is 20.5. The summed E-state index contributed by atoms with van der Waals surface area (Å²) in [6.45, 7) is 10.2. The van der Waals surface area contributed by atoms with Gasteiger partial charge in [0.2, 0.25) is 5.13 Å². The molecule has 1 fully saturated rings. The van der Waals surface area contributed by atoms with Gasteiger partial charge in [-0.3, -0.25) is 18.9 Å². The van der Waals surface area contributed by atoms with Gasteiger partial charge in [0.25, 0.3) is 5.78 Å². The van der Waals surface area contributed by atoms with Crippen molar-refractivity contribution in [2.45, 2.75) is 56.2 Å². The second-order valence-corrected chi connectivity index (χ2v) is 13.8. The average Bonchev–Trinajstić information content (AvgIpc) is 3.65. The number of aliphatic hydroxyl groups is 1. The van der Waals surface area contributed by atoms with E-state index in [9.17, 15) is 14.7 Å². The fourth-order valence-corrected chi connectivity index (χ4v) is 7.05. The van der Waals surface area contributed by atoms with Crippen molar-refractivity contribution in [3.05, 3.63) is 112 Å². The first-order valence-corrected chi connectivity index (χ1v) is 15.7. The summed E-state index contributed by atoms with van der Waals surface area (Å²) < 4.78 is 2.40. The SMILES string of the molecule is Cc1ccc(CSc2nnc(N3C(=O)C(=O)C(=C(O)c4c(C)nc5ccccn45)C3c3ccc(C(C)(C)C)cc3)s2)cc1. The highest BCUT2D eigenvalue weighted by Crippen LogP contribution is 2.44. The minimum Gasteiger partial charge on any atom is -0.505 e. The van der Waals surface area contributed by atoms with E-state index in [1.165, 1.54) is 33.6 Å². The molecule has 1 unspecified atom stereocenters. The predicted molar refractivity (Wildman–Crippen MR) is 171 cm³/mol. The molecule has 5 aromatic rings. The number of thioether (sulfide) groups is 1. The number of imidazole rings is 1. The van der Waals surface area contributed by atoms with E-state index in [4.69, 9.17) is 0 Å². The first-order valence-electron chi connectivity index (χ1n) is 13.9. The zero-order chi connectivity index (χ0) is 30.5. The van der Waals surface area contributed by atoms with Crippen LogP contribution < -0.4 is 4.90 Å². The van der Waals surface area contributed by atoms with Gasteiger partial charge in [0.15, 0.2) is 10.1 Å². The van der Waals surface area contributed by atoms with Gasteiger partial charge in [-0.2, -0.15) is 0 Å². The van der Waals surface area contributed by atoms with Crippen LogP contribution in [0.1, 0.15) is 60.5 Å². The molecule has 218 valence electrons. The normalized spacial score (nSPS) is 16.9. The van der Waals surface area contributed by atoms with Crippen molar-refractivity contribution >= 4 is 51.3 Å². The number of nitrogens with zero attached hydrogens (tertiary/aromatic N) is 5. The van der Waals surface area contributed by atoms with Crippen LogP contribution in [0.5, 0.6) is 0 Å². The summed E-state index contributed by atoms with van der Waals surface area (Å²) in [4.78, 5) is 33.4. The van der Waals surface area contributed by atoms with Gasteiger partial charge < -0.3 is 5.11 Å². The van der Waals surface area contributed by atoms with Crippen molar-refractivity contribution in [1.82, 2.24) is 19.6 Å². The molecule has 1 atom stereocenters. The van der Waals surface area contributed by atoms with Gasteiger partial charge in [-0.05, 0) is 48.1 Å². The van der Waals surface area contributed by atoms with E-state index in [-0.39, 0.29) is 16.7 Å². The van der Waals surface area contributed by atoms with Gasteiger partial charge in [0.1, 0.15) is 11.3 Å². The van der Waals surface area contributed by atoms with Crippen molar-refractivity contribution in [2.75, 3.05) is 4.90 Å². The Morgan fingerprint density at radius 3 is 2.40 bits per heavy atom. The number of pyridine rings is 1. The fourth-order valence-electron chi connectivity index (χ4n) is 5.22. The summed E-state index contributed by atoms with van der Waals surface area (Å²) in [5.74, 6) is -1.12. The van der Waals surface area contributed by atoms with E-state index < -0.39 is 17.7 Å². The number of hydrogen-bond acceptors (Lipinski definition) is 8. The number of aromatic nitrogens is 4. The Labute approximate surface area is 258 Å². The third-order valence-corrected chi connectivity index (χ3v) is 9.68. The van der Waals surface area contributed by atoms with E-state index >= 15 is 0 Å². The van der Waals surface area contributed by atoms with E-state index in [1.807, 2.05) is 49.4 Å². The predicted octanol–water partition coefficient (Wildman–Crippen LogP) is 7.02. The Morgan fingerprint density at radius 2 is 1.70 bits per heavy atom. The molecule has 1 N–H and O–H groups in total. The summed E-state index contributed by atoms with van der Waals surface area (Å²) >= 11 is 2.77. The molecular formula is C33H31N5O3S2. The van der Waals surface area contributed by atoms with Crippen LogP contribution in [0.15, 0.2) is 82.8 Å². The third-order valence-electron chi connectivity index (χ3n) is 7.55. The number of benzene rings is 2. The zero-order valence-corrected chi connectivity index (χ0v) is 26.2. The first kappa shape index (κ1) is 28.8. The van der Waals surface area contributed by atoms with Crippen LogP contribution in [-0.2, 0) is 20.8 Å². The maximum atomic E-state index is 13.7. The number of carbonyl (C=O) groups excluding carboxylic acids is 2. The minimum atomic E-state index is -0.898. The monoisotopic (exact) mass is 609 g/mol. The van der Waals surface area contributed by atoms with Crippen LogP contribution in [-0.4, -0.2) is 36.4 Å². The maximum absolute atomic E-state index is 13.7. The van der Waals surface area contributed by atoms with Crippen molar-refractivity contribution in [3.63, 3.8) is 0 Å². The molecule has 1 amide bonds. The van der Waals surface area contributed by atoms with Gasteiger partial charge in [-0.15, -0.1) is 10.2 Å². The van der Waals surface area contributed by atoms with Gasteiger partial charge in [0, 0.05) is 11.9 Å². The van der Waals surface area contributed by atoms with E-state index in [1.54, 1.807) is 17.5 Å². The van der Waals surface area contributed by atoms with Crippen LogP contribution in [0.25, 0.3) is 11.4 Å². The van der Waals surface area contributed by atoms with Gasteiger partial charge in [-0.1, -0.05) is 104 Å². The molecule has 43 heavy (non-hydrogen) atoms. The molecule has 10 heteroatoms. The van der Waals surface area contributed by atoms with Gasteiger partial charge >= 0.3 is 5.91 Å². The Morgan fingerprint density at radius 1 is 0.977 bits per heavy atom. The summed E-state index contributed by atoms with van der Waals surface area (Å²) in [7, 11) is 0. The van der Waals surface area contributed by atoms with Gasteiger partial charge in [-0.25, -0.2) is 4.98 Å². The number of aryl methyl sites for hydroxylation is 2. The summed E-state index contributed by atoms with van der Waals surface area (Å²) in [6, 6.07) is 20.7. The van der Waals surface area contributed by atoms with Crippen molar-refractivity contribution < 1.29 is 14.7 Å².